The molecule has 1 aliphatic heterocycles. The highest BCUT2D eigenvalue weighted by Crippen LogP contribution is 2.32. The lowest BCUT2D eigenvalue weighted by molar-refractivity contribution is 0.147. The summed E-state index contributed by atoms with van der Waals surface area (Å²) in [6.45, 7) is 1.33. The van der Waals surface area contributed by atoms with Crippen molar-refractivity contribution in [1.29, 1.82) is 0 Å². The van der Waals surface area contributed by atoms with E-state index in [-0.39, 0.29) is 5.92 Å². The molecule has 0 radical (unpaired) electrons. The highest BCUT2D eigenvalue weighted by Gasteiger charge is 2.33. The molecule has 4 rings (SSSR count). The van der Waals surface area contributed by atoms with Crippen molar-refractivity contribution in [3.8, 4) is 10.6 Å². The molecule has 3 heterocycles. The van der Waals surface area contributed by atoms with E-state index < -0.39 is 6.10 Å². The van der Waals surface area contributed by atoms with Crippen molar-refractivity contribution in [1.82, 2.24) is 20.2 Å². The van der Waals surface area contributed by atoms with E-state index >= 15 is 0 Å². The van der Waals surface area contributed by atoms with Crippen molar-refractivity contribution in [3.63, 3.8) is 0 Å². The highest BCUT2D eigenvalue weighted by atomic mass is 32.1. The Labute approximate surface area is 143 Å². The van der Waals surface area contributed by atoms with E-state index in [1.807, 2.05) is 30.3 Å². The highest BCUT2D eigenvalue weighted by molar-refractivity contribution is 7.18. The molecule has 0 spiro atoms. The van der Waals surface area contributed by atoms with Gasteiger partial charge in [-0.1, -0.05) is 41.7 Å². The summed E-state index contributed by atoms with van der Waals surface area (Å²) in [4.78, 5) is 10.5. The zero-order valence-corrected chi connectivity index (χ0v) is 13.8. The van der Waals surface area contributed by atoms with Gasteiger partial charge in [0, 0.05) is 43.2 Å². The second-order valence-corrected chi connectivity index (χ2v) is 6.85. The molecule has 6 nitrogen and oxygen atoms in total. The second kappa shape index (κ2) is 6.62. The van der Waals surface area contributed by atoms with Crippen LogP contribution in [0.15, 0.2) is 48.9 Å². The first-order valence-corrected chi connectivity index (χ1v) is 8.68. The third-order valence-electron chi connectivity index (χ3n) is 4.20. The van der Waals surface area contributed by atoms with E-state index in [4.69, 9.17) is 0 Å². The molecular weight excluding hydrogens is 322 g/mol. The maximum Gasteiger partial charge on any atom is 0.208 e. The molecule has 0 aliphatic carbocycles. The predicted octanol–water partition coefficient (Wildman–Crippen LogP) is 2.03. The molecule has 1 aliphatic rings. The van der Waals surface area contributed by atoms with E-state index in [1.54, 1.807) is 29.9 Å². The monoisotopic (exact) mass is 339 g/mol. The SMILES string of the molecule is O[C@@H]1CN(c2nnc(-c3ccccc3)s2)C[C@H]1Cc1cnccn1. The van der Waals surface area contributed by atoms with Gasteiger partial charge in [-0.15, -0.1) is 10.2 Å². The molecule has 1 saturated heterocycles. The molecule has 0 bridgehead atoms. The van der Waals surface area contributed by atoms with Crippen molar-refractivity contribution in [2.45, 2.75) is 12.5 Å². The van der Waals surface area contributed by atoms with Crippen LogP contribution in [-0.2, 0) is 6.42 Å². The molecule has 3 aromatic rings. The van der Waals surface area contributed by atoms with Gasteiger partial charge in [-0.25, -0.2) is 0 Å². The van der Waals surface area contributed by atoms with E-state index in [0.29, 0.717) is 6.54 Å². The van der Waals surface area contributed by atoms with Gasteiger partial charge in [0.05, 0.1) is 11.8 Å². The summed E-state index contributed by atoms with van der Waals surface area (Å²) >= 11 is 1.56. The van der Waals surface area contributed by atoms with E-state index in [1.165, 1.54) is 0 Å². The van der Waals surface area contributed by atoms with Crippen molar-refractivity contribution in [3.05, 3.63) is 54.6 Å². The van der Waals surface area contributed by atoms with Gasteiger partial charge in [0.1, 0.15) is 5.01 Å². The molecule has 122 valence electrons. The number of nitrogens with zero attached hydrogens (tertiary/aromatic N) is 5. The largest absolute Gasteiger partial charge is 0.391 e. The van der Waals surface area contributed by atoms with Crippen molar-refractivity contribution in [2.24, 2.45) is 5.92 Å². The van der Waals surface area contributed by atoms with Crippen LogP contribution in [0.3, 0.4) is 0 Å². The Balaban J connectivity index is 1.47. The number of aromatic nitrogens is 4. The molecule has 2 aromatic heterocycles. The number of hydrogen-bond acceptors (Lipinski definition) is 7. The maximum atomic E-state index is 10.4. The number of benzene rings is 1. The summed E-state index contributed by atoms with van der Waals surface area (Å²) in [7, 11) is 0. The minimum atomic E-state index is -0.393. The van der Waals surface area contributed by atoms with Gasteiger partial charge in [-0.3, -0.25) is 9.97 Å². The van der Waals surface area contributed by atoms with Crippen LogP contribution in [0.25, 0.3) is 10.6 Å². The lowest BCUT2D eigenvalue weighted by Crippen LogP contribution is -2.20. The van der Waals surface area contributed by atoms with Crippen LogP contribution >= 0.6 is 11.3 Å². The first-order valence-electron chi connectivity index (χ1n) is 7.86. The summed E-state index contributed by atoms with van der Waals surface area (Å²) in [5.74, 6) is 0.130. The Hall–Kier alpha value is -2.38. The Morgan fingerprint density at radius 2 is 2.00 bits per heavy atom. The van der Waals surface area contributed by atoms with Crippen LogP contribution in [0.4, 0.5) is 5.13 Å². The van der Waals surface area contributed by atoms with Gasteiger partial charge in [0.15, 0.2) is 0 Å². The van der Waals surface area contributed by atoms with Gasteiger partial charge in [-0.2, -0.15) is 0 Å². The van der Waals surface area contributed by atoms with Gasteiger partial charge in [-0.05, 0) is 6.42 Å². The lowest BCUT2D eigenvalue weighted by Gasteiger charge is -2.13. The average Bonchev–Trinajstić information content (AvgIpc) is 3.24. The third-order valence-corrected chi connectivity index (χ3v) is 5.23. The number of aliphatic hydroxyl groups is 1. The maximum absolute atomic E-state index is 10.4. The zero-order chi connectivity index (χ0) is 16.4. The Kier molecular flexibility index (Phi) is 4.18. The molecule has 1 N–H and O–H groups in total. The van der Waals surface area contributed by atoms with E-state index in [9.17, 15) is 5.11 Å². The fourth-order valence-electron chi connectivity index (χ4n) is 2.96. The molecule has 1 aromatic carbocycles. The minimum Gasteiger partial charge on any atom is -0.391 e. The lowest BCUT2D eigenvalue weighted by atomic mass is 10.0. The third kappa shape index (κ3) is 3.13. The van der Waals surface area contributed by atoms with Crippen LogP contribution < -0.4 is 4.90 Å². The van der Waals surface area contributed by atoms with Crippen molar-refractivity contribution in [2.75, 3.05) is 18.0 Å². The second-order valence-electron chi connectivity index (χ2n) is 5.89. The van der Waals surface area contributed by atoms with Crippen LogP contribution in [-0.4, -0.2) is 44.5 Å². The molecule has 7 heteroatoms. The number of hydrogen-bond donors (Lipinski definition) is 1. The Bertz CT molecular complexity index is 795. The number of rotatable bonds is 4. The summed E-state index contributed by atoms with van der Waals surface area (Å²) < 4.78 is 0. The summed E-state index contributed by atoms with van der Waals surface area (Å²) in [6, 6.07) is 10.0. The number of aliphatic hydroxyl groups excluding tert-OH is 1. The van der Waals surface area contributed by atoms with Gasteiger partial charge in [0.2, 0.25) is 5.13 Å². The standard InChI is InChI=1S/C17H17N5OS/c23-15-11-22(10-13(15)8-14-9-18-6-7-19-14)17-21-20-16(24-17)12-4-2-1-3-5-12/h1-7,9,13,15,23H,8,10-11H2/t13-,15-/m1/s1. The van der Waals surface area contributed by atoms with Gasteiger partial charge >= 0.3 is 0 Å². The van der Waals surface area contributed by atoms with Crippen LogP contribution in [0, 0.1) is 5.92 Å². The van der Waals surface area contributed by atoms with E-state index in [0.717, 1.165) is 34.4 Å². The smallest absolute Gasteiger partial charge is 0.208 e. The minimum absolute atomic E-state index is 0.130. The topological polar surface area (TPSA) is 75.0 Å². The molecular formula is C17H17N5OS. The Morgan fingerprint density at radius 3 is 2.79 bits per heavy atom. The molecule has 0 amide bonds. The fourth-order valence-corrected chi connectivity index (χ4v) is 3.82. The summed E-state index contributed by atoms with van der Waals surface area (Å²) in [5, 5.41) is 20.7. The van der Waals surface area contributed by atoms with Gasteiger partial charge < -0.3 is 10.0 Å². The average molecular weight is 339 g/mol. The van der Waals surface area contributed by atoms with Crippen LogP contribution in [0.5, 0.6) is 0 Å². The Morgan fingerprint density at radius 1 is 1.12 bits per heavy atom. The number of anilines is 1. The van der Waals surface area contributed by atoms with E-state index in [2.05, 4.69) is 25.1 Å². The van der Waals surface area contributed by atoms with Gasteiger partial charge in [0.25, 0.3) is 0 Å². The zero-order valence-electron chi connectivity index (χ0n) is 13.0. The quantitative estimate of drug-likeness (QED) is 0.784. The normalized spacial score (nSPS) is 20.5. The summed E-state index contributed by atoms with van der Waals surface area (Å²) in [5.41, 5.74) is 1.97. The van der Waals surface area contributed by atoms with Crippen molar-refractivity contribution < 1.29 is 5.11 Å². The molecule has 1 fully saturated rings. The predicted molar refractivity (Wildman–Crippen MR) is 92.8 cm³/mol. The van der Waals surface area contributed by atoms with Crippen molar-refractivity contribution >= 4 is 16.5 Å². The van der Waals surface area contributed by atoms with Crippen LogP contribution in [0.2, 0.25) is 0 Å². The first-order chi connectivity index (χ1) is 11.8. The molecule has 0 unspecified atom stereocenters. The fraction of sp³-hybridized carbons (Fsp3) is 0.294. The number of β-amino-alcohol motifs (C(OH)–C–C–N with tert-alkyl or cyclic N) is 1. The molecule has 24 heavy (non-hydrogen) atoms. The molecule has 2 atom stereocenters. The van der Waals surface area contributed by atoms with Crippen LogP contribution in [0.1, 0.15) is 5.69 Å². The molecule has 0 saturated carbocycles. The summed E-state index contributed by atoms with van der Waals surface area (Å²) in [6.07, 6.45) is 5.43. The first kappa shape index (κ1) is 15.2.